The number of rotatable bonds is 2. The van der Waals surface area contributed by atoms with Crippen LogP contribution in [0.5, 0.6) is 0 Å². The van der Waals surface area contributed by atoms with E-state index in [-0.39, 0.29) is 11.4 Å². The quantitative estimate of drug-likeness (QED) is 0.757. The van der Waals surface area contributed by atoms with E-state index in [4.69, 9.17) is 0 Å². The first-order valence-corrected chi connectivity index (χ1v) is 6.74. The lowest BCUT2D eigenvalue weighted by Crippen LogP contribution is -2.51. The normalized spacial score (nSPS) is 41.6. The van der Waals surface area contributed by atoms with Crippen LogP contribution >= 0.6 is 0 Å². The van der Waals surface area contributed by atoms with Gasteiger partial charge in [0.15, 0.2) is 5.96 Å². The summed E-state index contributed by atoms with van der Waals surface area (Å²) in [5.41, 5.74) is -0.307. The molecule has 2 saturated carbocycles. The van der Waals surface area contributed by atoms with Crippen LogP contribution < -0.4 is 10.6 Å². The summed E-state index contributed by atoms with van der Waals surface area (Å²) in [5, 5.41) is 6.32. The molecule has 3 unspecified atom stereocenters. The Morgan fingerprint density at radius 3 is 2.88 bits per heavy atom. The minimum Gasteiger partial charge on any atom is -0.341 e. The average molecular weight is 235 g/mol. The Kier molecular flexibility index (Phi) is 2.42. The van der Waals surface area contributed by atoms with Crippen molar-refractivity contribution in [3.63, 3.8) is 0 Å². The number of guanidine groups is 1. The van der Waals surface area contributed by atoms with E-state index in [9.17, 15) is 4.79 Å². The second kappa shape index (κ2) is 3.72. The molecule has 4 heteroatoms. The van der Waals surface area contributed by atoms with Gasteiger partial charge in [-0.3, -0.25) is 15.1 Å². The van der Waals surface area contributed by atoms with Gasteiger partial charge in [-0.15, -0.1) is 0 Å². The zero-order valence-electron chi connectivity index (χ0n) is 10.6. The van der Waals surface area contributed by atoms with Gasteiger partial charge in [-0.25, -0.2) is 0 Å². The first kappa shape index (κ1) is 11.1. The highest BCUT2D eigenvalue weighted by molar-refractivity contribution is 6.09. The van der Waals surface area contributed by atoms with Gasteiger partial charge in [0.05, 0.1) is 0 Å². The molecule has 1 heterocycles. The third-order valence-electron chi connectivity index (χ3n) is 4.44. The molecule has 1 amide bonds. The van der Waals surface area contributed by atoms with Crippen molar-refractivity contribution in [1.82, 2.24) is 10.6 Å². The summed E-state index contributed by atoms with van der Waals surface area (Å²) in [6.07, 6.45) is 4.73. The number of amides is 1. The average Bonchev–Trinajstić information content (AvgIpc) is 2.92. The second-order valence-electron chi connectivity index (χ2n) is 6.21. The van der Waals surface area contributed by atoms with E-state index in [1.54, 1.807) is 0 Å². The van der Waals surface area contributed by atoms with Crippen molar-refractivity contribution in [2.24, 2.45) is 22.7 Å². The number of hydrogen-bond donors (Lipinski definition) is 2. The van der Waals surface area contributed by atoms with Gasteiger partial charge >= 0.3 is 0 Å². The minimum atomic E-state index is -0.307. The van der Waals surface area contributed by atoms with Crippen LogP contribution in [0, 0.1) is 17.8 Å². The molecule has 0 radical (unpaired) electrons. The monoisotopic (exact) mass is 235 g/mol. The van der Waals surface area contributed by atoms with Gasteiger partial charge in [0.1, 0.15) is 5.54 Å². The van der Waals surface area contributed by atoms with Gasteiger partial charge < -0.3 is 5.32 Å². The molecule has 3 aliphatic rings. The van der Waals surface area contributed by atoms with Gasteiger partial charge in [0, 0.05) is 6.54 Å². The number of nitrogens with zero attached hydrogens (tertiary/aromatic N) is 1. The van der Waals surface area contributed by atoms with Gasteiger partial charge in [-0.1, -0.05) is 13.8 Å². The number of carbonyl (C=O) groups is 1. The van der Waals surface area contributed by atoms with Gasteiger partial charge in [0.2, 0.25) is 0 Å². The highest BCUT2D eigenvalue weighted by Crippen LogP contribution is 2.51. The Balaban J connectivity index is 1.76. The van der Waals surface area contributed by atoms with E-state index in [2.05, 4.69) is 29.5 Å². The van der Waals surface area contributed by atoms with Crippen molar-refractivity contribution >= 4 is 11.9 Å². The van der Waals surface area contributed by atoms with Crippen molar-refractivity contribution < 1.29 is 4.79 Å². The van der Waals surface area contributed by atoms with Crippen LogP contribution in [0.3, 0.4) is 0 Å². The molecule has 1 aliphatic heterocycles. The fourth-order valence-corrected chi connectivity index (χ4v) is 3.63. The van der Waals surface area contributed by atoms with Crippen LogP contribution in [0.2, 0.25) is 0 Å². The standard InChI is InChI=1S/C13H21N3O/c1-8(2)7-14-12-15-11(17)13(16-12)6-9-3-4-10(13)5-9/h8-10H,3-7H2,1-2H3,(H2,14,15,16,17). The Hall–Kier alpha value is -1.06. The lowest BCUT2D eigenvalue weighted by molar-refractivity contribution is -0.125. The van der Waals surface area contributed by atoms with Crippen LogP contribution in [0.25, 0.3) is 0 Å². The molecule has 4 nitrogen and oxygen atoms in total. The second-order valence-corrected chi connectivity index (χ2v) is 6.21. The lowest BCUT2D eigenvalue weighted by atomic mass is 9.81. The van der Waals surface area contributed by atoms with Crippen molar-refractivity contribution in [2.75, 3.05) is 6.54 Å². The van der Waals surface area contributed by atoms with Crippen LogP contribution in [0.1, 0.15) is 39.5 Å². The van der Waals surface area contributed by atoms with E-state index in [1.165, 1.54) is 19.3 Å². The van der Waals surface area contributed by atoms with Gasteiger partial charge in [0.25, 0.3) is 5.91 Å². The smallest absolute Gasteiger partial charge is 0.252 e. The Labute approximate surface area is 102 Å². The maximum Gasteiger partial charge on any atom is 0.252 e. The number of carbonyl (C=O) groups excluding carboxylic acids is 1. The van der Waals surface area contributed by atoms with Gasteiger partial charge in [-0.2, -0.15) is 0 Å². The number of aliphatic imine (C=N–C) groups is 1. The molecule has 94 valence electrons. The molecule has 0 aromatic heterocycles. The van der Waals surface area contributed by atoms with Crippen LogP contribution in [0.15, 0.2) is 4.99 Å². The summed E-state index contributed by atoms with van der Waals surface area (Å²) in [6, 6.07) is 0. The van der Waals surface area contributed by atoms with E-state index < -0.39 is 0 Å². The Bertz CT molecular complexity index is 377. The Morgan fingerprint density at radius 2 is 2.29 bits per heavy atom. The molecular weight excluding hydrogens is 214 g/mol. The van der Waals surface area contributed by atoms with Crippen molar-refractivity contribution in [2.45, 2.75) is 45.1 Å². The molecule has 3 atom stereocenters. The zero-order valence-corrected chi connectivity index (χ0v) is 10.6. The maximum absolute atomic E-state index is 12.2. The van der Waals surface area contributed by atoms with E-state index >= 15 is 0 Å². The summed E-state index contributed by atoms with van der Waals surface area (Å²) in [6.45, 7) is 5.04. The molecule has 2 aliphatic carbocycles. The van der Waals surface area contributed by atoms with Crippen molar-refractivity contribution in [3.8, 4) is 0 Å². The molecule has 2 N–H and O–H groups in total. The zero-order chi connectivity index (χ0) is 12.0. The molecule has 0 aromatic rings. The molecular formula is C13H21N3O. The molecule has 3 rings (SSSR count). The minimum absolute atomic E-state index is 0.159. The summed E-state index contributed by atoms with van der Waals surface area (Å²) >= 11 is 0. The van der Waals surface area contributed by atoms with Crippen LogP contribution in [-0.2, 0) is 4.79 Å². The van der Waals surface area contributed by atoms with E-state index in [1.807, 2.05) is 0 Å². The molecule has 1 saturated heterocycles. The number of hydrogen-bond acceptors (Lipinski definition) is 2. The summed E-state index contributed by atoms with van der Waals surface area (Å²) in [4.78, 5) is 16.6. The molecule has 0 aromatic carbocycles. The third kappa shape index (κ3) is 1.65. The van der Waals surface area contributed by atoms with Crippen LogP contribution in [-0.4, -0.2) is 24.0 Å². The summed E-state index contributed by atoms with van der Waals surface area (Å²) in [5.74, 6) is 2.67. The highest BCUT2D eigenvalue weighted by Gasteiger charge is 2.58. The molecule has 3 fully saturated rings. The summed E-state index contributed by atoms with van der Waals surface area (Å²) in [7, 11) is 0. The largest absolute Gasteiger partial charge is 0.341 e. The van der Waals surface area contributed by atoms with E-state index in [0.29, 0.717) is 17.8 Å². The highest BCUT2D eigenvalue weighted by atomic mass is 16.2. The number of nitrogens with one attached hydrogen (secondary N) is 2. The third-order valence-corrected chi connectivity index (χ3v) is 4.44. The van der Waals surface area contributed by atoms with Crippen LogP contribution in [0.4, 0.5) is 0 Å². The number of fused-ring (bicyclic) bond motifs is 3. The topological polar surface area (TPSA) is 53.5 Å². The van der Waals surface area contributed by atoms with Crippen molar-refractivity contribution in [1.29, 1.82) is 0 Å². The predicted molar refractivity (Wildman–Crippen MR) is 66.6 cm³/mol. The molecule has 2 bridgehead atoms. The first-order chi connectivity index (χ1) is 8.10. The predicted octanol–water partition coefficient (Wildman–Crippen LogP) is 1.28. The SMILES string of the molecule is CC(C)CN=C1NC(=O)C2(CC3CCC2C3)N1. The fourth-order valence-electron chi connectivity index (χ4n) is 3.63. The Morgan fingerprint density at radius 1 is 1.47 bits per heavy atom. The van der Waals surface area contributed by atoms with Crippen molar-refractivity contribution in [3.05, 3.63) is 0 Å². The van der Waals surface area contributed by atoms with E-state index in [0.717, 1.165) is 18.9 Å². The van der Waals surface area contributed by atoms with Gasteiger partial charge in [-0.05, 0) is 43.4 Å². The first-order valence-electron chi connectivity index (χ1n) is 6.74. The molecule has 1 spiro atoms. The fraction of sp³-hybridized carbons (Fsp3) is 0.846. The lowest BCUT2D eigenvalue weighted by Gasteiger charge is -2.30. The summed E-state index contributed by atoms with van der Waals surface area (Å²) < 4.78 is 0. The molecule has 17 heavy (non-hydrogen) atoms. The maximum atomic E-state index is 12.2.